The van der Waals surface area contributed by atoms with Crippen LogP contribution in [-0.2, 0) is 4.74 Å². The standard InChI is InChI=1S/C18H16N2OS/c1-2-6-15(7-3-1)20(11-16-12-21-16)19-10-14-13-22-18-9-5-4-8-17(14)18/h1-10,13,16H,11-12H2. The Balaban J connectivity index is 1.62. The van der Waals surface area contributed by atoms with Crippen molar-refractivity contribution in [3.8, 4) is 0 Å². The second-order valence-corrected chi connectivity index (χ2v) is 6.22. The Labute approximate surface area is 133 Å². The summed E-state index contributed by atoms with van der Waals surface area (Å²) in [6, 6.07) is 18.7. The predicted octanol–water partition coefficient (Wildman–Crippen LogP) is 4.14. The number of hydrogen-bond donors (Lipinski definition) is 0. The minimum Gasteiger partial charge on any atom is -0.371 e. The fraction of sp³-hybridized carbons (Fsp3) is 0.167. The van der Waals surface area contributed by atoms with Gasteiger partial charge in [0, 0.05) is 21.0 Å². The highest BCUT2D eigenvalue weighted by Gasteiger charge is 2.25. The summed E-state index contributed by atoms with van der Waals surface area (Å²) in [5.74, 6) is 0. The van der Waals surface area contributed by atoms with Gasteiger partial charge in [-0.15, -0.1) is 11.3 Å². The Hall–Kier alpha value is -2.17. The van der Waals surface area contributed by atoms with Crippen LogP contribution in [-0.4, -0.2) is 25.5 Å². The highest BCUT2D eigenvalue weighted by Crippen LogP contribution is 2.25. The minimum atomic E-state index is 0.302. The van der Waals surface area contributed by atoms with E-state index in [-0.39, 0.29) is 0 Å². The zero-order chi connectivity index (χ0) is 14.8. The molecule has 2 aromatic carbocycles. The van der Waals surface area contributed by atoms with Crippen LogP contribution >= 0.6 is 11.3 Å². The molecular formula is C18H16N2OS. The molecule has 1 fully saturated rings. The first-order valence-corrected chi connectivity index (χ1v) is 8.22. The third-order valence-corrected chi connectivity index (χ3v) is 4.66. The lowest BCUT2D eigenvalue weighted by Crippen LogP contribution is -2.22. The molecule has 0 spiro atoms. The van der Waals surface area contributed by atoms with Gasteiger partial charge in [-0.3, -0.25) is 5.01 Å². The van der Waals surface area contributed by atoms with Gasteiger partial charge in [0.1, 0.15) is 6.10 Å². The second-order valence-electron chi connectivity index (χ2n) is 5.30. The van der Waals surface area contributed by atoms with Crippen molar-refractivity contribution >= 4 is 33.3 Å². The molecule has 1 saturated heterocycles. The highest BCUT2D eigenvalue weighted by molar-refractivity contribution is 7.17. The SMILES string of the molecule is C(=NN(CC1CO1)c1ccccc1)c1csc2ccccc12. The number of hydrazone groups is 1. The number of nitrogens with zero attached hydrogens (tertiary/aromatic N) is 2. The van der Waals surface area contributed by atoms with E-state index in [1.165, 1.54) is 15.6 Å². The lowest BCUT2D eigenvalue weighted by molar-refractivity contribution is 0.408. The number of benzene rings is 2. The van der Waals surface area contributed by atoms with Crippen LogP contribution < -0.4 is 5.01 Å². The monoisotopic (exact) mass is 308 g/mol. The normalized spacial score (nSPS) is 17.2. The molecule has 2 heterocycles. The summed E-state index contributed by atoms with van der Waals surface area (Å²) < 4.78 is 6.65. The molecule has 1 atom stereocenters. The van der Waals surface area contributed by atoms with E-state index >= 15 is 0 Å². The van der Waals surface area contributed by atoms with E-state index in [1.807, 2.05) is 29.4 Å². The maximum absolute atomic E-state index is 5.35. The van der Waals surface area contributed by atoms with Crippen molar-refractivity contribution in [2.75, 3.05) is 18.2 Å². The van der Waals surface area contributed by atoms with Gasteiger partial charge in [-0.05, 0) is 18.2 Å². The highest BCUT2D eigenvalue weighted by atomic mass is 32.1. The molecule has 3 aromatic rings. The van der Waals surface area contributed by atoms with Gasteiger partial charge in [-0.2, -0.15) is 5.10 Å². The molecule has 22 heavy (non-hydrogen) atoms. The molecule has 0 N–H and O–H groups in total. The Morgan fingerprint density at radius 3 is 2.73 bits per heavy atom. The summed E-state index contributed by atoms with van der Waals surface area (Å²) in [7, 11) is 0. The summed E-state index contributed by atoms with van der Waals surface area (Å²) in [5.41, 5.74) is 2.26. The molecule has 0 bridgehead atoms. The van der Waals surface area contributed by atoms with Gasteiger partial charge in [0.2, 0.25) is 0 Å². The van der Waals surface area contributed by atoms with E-state index in [2.05, 4.69) is 41.8 Å². The fourth-order valence-electron chi connectivity index (χ4n) is 2.42. The number of anilines is 1. The Kier molecular flexibility index (Phi) is 3.62. The maximum Gasteiger partial charge on any atom is 0.101 e. The van der Waals surface area contributed by atoms with Crippen LogP contribution in [0.15, 0.2) is 65.1 Å². The van der Waals surface area contributed by atoms with Gasteiger partial charge in [0.05, 0.1) is 25.1 Å². The van der Waals surface area contributed by atoms with Crippen molar-refractivity contribution in [3.63, 3.8) is 0 Å². The summed E-state index contributed by atoms with van der Waals surface area (Å²) in [6.07, 6.45) is 2.25. The van der Waals surface area contributed by atoms with Gasteiger partial charge in [0.15, 0.2) is 0 Å². The molecule has 0 radical (unpaired) electrons. The van der Waals surface area contributed by atoms with Crippen molar-refractivity contribution in [1.29, 1.82) is 0 Å². The first-order valence-electron chi connectivity index (χ1n) is 7.34. The van der Waals surface area contributed by atoms with Crippen LogP contribution in [0.3, 0.4) is 0 Å². The molecule has 0 saturated carbocycles. The molecule has 1 unspecified atom stereocenters. The fourth-order valence-corrected chi connectivity index (χ4v) is 3.33. The van der Waals surface area contributed by atoms with E-state index in [1.54, 1.807) is 11.3 Å². The zero-order valence-corrected chi connectivity index (χ0v) is 12.9. The van der Waals surface area contributed by atoms with Gasteiger partial charge in [-0.1, -0.05) is 36.4 Å². The summed E-state index contributed by atoms with van der Waals surface area (Å²) in [4.78, 5) is 0. The molecule has 1 aliphatic rings. The molecule has 4 rings (SSSR count). The quantitative estimate of drug-likeness (QED) is 0.402. The van der Waals surface area contributed by atoms with E-state index in [0.29, 0.717) is 6.10 Å². The van der Waals surface area contributed by atoms with E-state index in [0.717, 1.165) is 18.8 Å². The molecule has 0 aliphatic carbocycles. The number of rotatable bonds is 5. The van der Waals surface area contributed by atoms with Crippen LogP contribution in [0.25, 0.3) is 10.1 Å². The van der Waals surface area contributed by atoms with Crippen LogP contribution in [0.4, 0.5) is 5.69 Å². The molecule has 0 amide bonds. The average molecular weight is 308 g/mol. The number of thiophene rings is 1. The molecule has 1 aliphatic heterocycles. The van der Waals surface area contributed by atoms with E-state index < -0.39 is 0 Å². The van der Waals surface area contributed by atoms with E-state index in [4.69, 9.17) is 9.84 Å². The van der Waals surface area contributed by atoms with Crippen LogP contribution in [0, 0.1) is 0 Å². The number of ether oxygens (including phenoxy) is 1. The van der Waals surface area contributed by atoms with Gasteiger partial charge >= 0.3 is 0 Å². The molecule has 4 heteroatoms. The number of epoxide rings is 1. The number of fused-ring (bicyclic) bond motifs is 1. The van der Waals surface area contributed by atoms with Crippen molar-refractivity contribution in [2.45, 2.75) is 6.10 Å². The summed E-state index contributed by atoms with van der Waals surface area (Å²) in [6.45, 7) is 1.63. The number of hydrogen-bond acceptors (Lipinski definition) is 4. The van der Waals surface area contributed by atoms with Crippen LogP contribution in [0.5, 0.6) is 0 Å². The third-order valence-electron chi connectivity index (χ3n) is 3.68. The summed E-state index contributed by atoms with van der Waals surface area (Å²) in [5, 5.41) is 10.1. The average Bonchev–Trinajstić information content (AvgIpc) is 3.30. The number of para-hydroxylation sites is 1. The predicted molar refractivity (Wildman–Crippen MR) is 92.9 cm³/mol. The summed E-state index contributed by atoms with van der Waals surface area (Å²) >= 11 is 1.75. The molecule has 110 valence electrons. The second kappa shape index (κ2) is 5.91. The Bertz CT molecular complexity index is 793. The van der Waals surface area contributed by atoms with Gasteiger partial charge in [-0.25, -0.2) is 0 Å². The lowest BCUT2D eigenvalue weighted by Gasteiger charge is -2.17. The maximum atomic E-state index is 5.35. The molecule has 3 nitrogen and oxygen atoms in total. The molecular weight excluding hydrogens is 292 g/mol. The van der Waals surface area contributed by atoms with Crippen molar-refractivity contribution in [2.24, 2.45) is 5.10 Å². The van der Waals surface area contributed by atoms with Gasteiger partial charge in [0.25, 0.3) is 0 Å². The van der Waals surface area contributed by atoms with Crippen molar-refractivity contribution < 1.29 is 4.74 Å². The largest absolute Gasteiger partial charge is 0.371 e. The third kappa shape index (κ3) is 2.89. The smallest absolute Gasteiger partial charge is 0.101 e. The van der Waals surface area contributed by atoms with Crippen molar-refractivity contribution in [1.82, 2.24) is 0 Å². The minimum absolute atomic E-state index is 0.302. The van der Waals surface area contributed by atoms with Crippen molar-refractivity contribution in [3.05, 3.63) is 65.5 Å². The van der Waals surface area contributed by atoms with E-state index in [9.17, 15) is 0 Å². The van der Waals surface area contributed by atoms with Gasteiger partial charge < -0.3 is 4.74 Å². The first-order chi connectivity index (χ1) is 10.9. The Morgan fingerprint density at radius 1 is 1.14 bits per heavy atom. The van der Waals surface area contributed by atoms with Crippen LogP contribution in [0.2, 0.25) is 0 Å². The topological polar surface area (TPSA) is 28.1 Å². The Morgan fingerprint density at radius 2 is 1.91 bits per heavy atom. The zero-order valence-electron chi connectivity index (χ0n) is 12.1. The molecule has 1 aromatic heterocycles. The lowest BCUT2D eigenvalue weighted by atomic mass is 10.2. The van der Waals surface area contributed by atoms with Crippen LogP contribution in [0.1, 0.15) is 5.56 Å². The first kappa shape index (κ1) is 13.5.